The molecule has 0 heterocycles. The van der Waals surface area contributed by atoms with Gasteiger partial charge in [0.1, 0.15) is 0 Å². The molecule has 0 radical (unpaired) electrons. The number of hydrogen-bond acceptors (Lipinski definition) is 1. The van der Waals surface area contributed by atoms with E-state index in [-0.39, 0.29) is 0 Å². The maximum Gasteiger partial charge on any atom is 0.0397 e. The summed E-state index contributed by atoms with van der Waals surface area (Å²) in [7, 11) is 0. The fourth-order valence-electron chi connectivity index (χ4n) is 2.16. The number of aryl methyl sites for hydroxylation is 3. The number of rotatable bonds is 5. The van der Waals surface area contributed by atoms with Gasteiger partial charge < -0.3 is 5.32 Å². The summed E-state index contributed by atoms with van der Waals surface area (Å²) < 4.78 is 0. The van der Waals surface area contributed by atoms with E-state index in [1.54, 1.807) is 0 Å². The molecule has 0 aliphatic heterocycles. The van der Waals surface area contributed by atoms with Crippen LogP contribution in [0.25, 0.3) is 0 Å². The van der Waals surface area contributed by atoms with Crippen molar-refractivity contribution in [3.05, 3.63) is 82.6 Å². The largest absolute Gasteiger partial charge is 0.384 e. The molecular formula is C19H23N. The molecule has 0 bridgehead atoms. The minimum atomic E-state index is 0.837. The zero-order valence-corrected chi connectivity index (χ0v) is 12.7. The van der Waals surface area contributed by atoms with Gasteiger partial charge in [-0.25, -0.2) is 0 Å². The quantitative estimate of drug-likeness (QED) is 0.841. The Balaban J connectivity index is 1.89. The molecule has 0 saturated carbocycles. The Labute approximate surface area is 122 Å². The molecule has 2 rings (SSSR count). The van der Waals surface area contributed by atoms with Crippen LogP contribution in [0.1, 0.15) is 27.8 Å². The van der Waals surface area contributed by atoms with Crippen LogP contribution in [-0.2, 0) is 13.0 Å². The van der Waals surface area contributed by atoms with E-state index in [0.717, 1.165) is 18.7 Å². The third kappa shape index (κ3) is 3.99. The number of allylic oxidation sites excluding steroid dienone is 1. The smallest absolute Gasteiger partial charge is 0.0397 e. The monoisotopic (exact) mass is 265 g/mol. The van der Waals surface area contributed by atoms with Crippen LogP contribution in [0.3, 0.4) is 0 Å². The minimum absolute atomic E-state index is 0.837. The lowest BCUT2D eigenvalue weighted by Gasteiger charge is -2.11. The molecule has 0 spiro atoms. The van der Waals surface area contributed by atoms with Crippen molar-refractivity contribution in [2.24, 2.45) is 0 Å². The van der Waals surface area contributed by atoms with Crippen molar-refractivity contribution in [1.29, 1.82) is 0 Å². The van der Waals surface area contributed by atoms with Gasteiger partial charge in [-0.2, -0.15) is 0 Å². The molecule has 1 nitrogen and oxygen atoms in total. The predicted octanol–water partition coefficient (Wildman–Crippen LogP) is 4.46. The molecule has 0 fully saturated rings. The highest BCUT2D eigenvalue weighted by molar-refractivity contribution is 5.32. The van der Waals surface area contributed by atoms with Crippen LogP contribution >= 0.6 is 0 Å². The fourth-order valence-corrected chi connectivity index (χ4v) is 2.16. The predicted molar refractivity (Wildman–Crippen MR) is 86.8 cm³/mol. The van der Waals surface area contributed by atoms with Gasteiger partial charge in [-0.1, -0.05) is 54.6 Å². The van der Waals surface area contributed by atoms with E-state index < -0.39 is 0 Å². The first kappa shape index (κ1) is 14.4. The lowest BCUT2D eigenvalue weighted by molar-refractivity contribution is 0.785. The summed E-state index contributed by atoms with van der Waals surface area (Å²) in [6.07, 6.45) is 0.882. The fraction of sp³-hybridized carbons (Fsp3) is 0.263. The van der Waals surface area contributed by atoms with Crippen molar-refractivity contribution in [1.82, 2.24) is 5.32 Å². The molecular weight excluding hydrogens is 242 g/mol. The van der Waals surface area contributed by atoms with Gasteiger partial charge in [0, 0.05) is 18.7 Å². The summed E-state index contributed by atoms with van der Waals surface area (Å²) in [6, 6.07) is 15.2. The van der Waals surface area contributed by atoms with E-state index in [1.165, 1.54) is 27.8 Å². The number of hydrogen-bond donors (Lipinski definition) is 1. The van der Waals surface area contributed by atoms with E-state index >= 15 is 0 Å². The van der Waals surface area contributed by atoms with Crippen LogP contribution in [0.5, 0.6) is 0 Å². The molecule has 1 heteroatoms. The zero-order chi connectivity index (χ0) is 14.5. The number of benzene rings is 2. The molecule has 0 amide bonds. The van der Waals surface area contributed by atoms with Crippen molar-refractivity contribution >= 4 is 0 Å². The molecule has 104 valence electrons. The molecule has 0 saturated heterocycles. The Kier molecular flexibility index (Phi) is 4.62. The molecule has 1 N–H and O–H groups in total. The topological polar surface area (TPSA) is 12.0 Å². The normalized spacial score (nSPS) is 10.3. The van der Waals surface area contributed by atoms with Gasteiger partial charge >= 0.3 is 0 Å². The first-order valence-corrected chi connectivity index (χ1v) is 7.08. The average Bonchev–Trinajstić information content (AvgIpc) is 2.42. The third-order valence-corrected chi connectivity index (χ3v) is 3.65. The lowest BCUT2D eigenvalue weighted by Crippen LogP contribution is -2.13. The zero-order valence-electron chi connectivity index (χ0n) is 12.7. The summed E-state index contributed by atoms with van der Waals surface area (Å²) in [5.74, 6) is 0. The maximum atomic E-state index is 4.12. The van der Waals surface area contributed by atoms with Gasteiger partial charge in [0.05, 0.1) is 0 Å². The highest BCUT2D eigenvalue weighted by Crippen LogP contribution is 2.12. The molecule has 0 unspecified atom stereocenters. The first-order valence-electron chi connectivity index (χ1n) is 7.08. The second kappa shape index (κ2) is 6.42. The summed E-state index contributed by atoms with van der Waals surface area (Å²) in [5.41, 5.74) is 7.64. The summed E-state index contributed by atoms with van der Waals surface area (Å²) >= 11 is 0. The van der Waals surface area contributed by atoms with E-state index in [1.807, 2.05) is 0 Å². The minimum Gasteiger partial charge on any atom is -0.384 e. The van der Waals surface area contributed by atoms with E-state index in [2.05, 4.69) is 75.1 Å². The van der Waals surface area contributed by atoms with Crippen molar-refractivity contribution in [3.63, 3.8) is 0 Å². The van der Waals surface area contributed by atoms with Crippen LogP contribution in [0, 0.1) is 20.8 Å². The Morgan fingerprint density at radius 3 is 2.20 bits per heavy atom. The molecule has 0 aliphatic carbocycles. The SMILES string of the molecule is C=C(Cc1ccc(C)c(C)c1)NCc1ccc(C)cc1. The van der Waals surface area contributed by atoms with Gasteiger partial charge in [0.2, 0.25) is 0 Å². The second-order valence-electron chi connectivity index (χ2n) is 5.54. The van der Waals surface area contributed by atoms with Crippen LogP contribution in [-0.4, -0.2) is 0 Å². The summed E-state index contributed by atoms with van der Waals surface area (Å²) in [6.45, 7) is 11.4. The first-order chi connectivity index (χ1) is 9.54. The van der Waals surface area contributed by atoms with Crippen LogP contribution in [0.15, 0.2) is 54.7 Å². The van der Waals surface area contributed by atoms with Gasteiger partial charge in [-0.05, 0) is 43.0 Å². The molecule has 2 aromatic carbocycles. The van der Waals surface area contributed by atoms with Crippen molar-refractivity contribution in [2.75, 3.05) is 0 Å². The average molecular weight is 265 g/mol. The Bertz CT molecular complexity index is 594. The lowest BCUT2D eigenvalue weighted by atomic mass is 10.0. The van der Waals surface area contributed by atoms with Crippen LogP contribution in [0.2, 0.25) is 0 Å². The van der Waals surface area contributed by atoms with Gasteiger partial charge in [-0.15, -0.1) is 0 Å². The maximum absolute atomic E-state index is 4.12. The van der Waals surface area contributed by atoms with Crippen LogP contribution < -0.4 is 5.32 Å². The molecule has 0 aromatic heterocycles. The third-order valence-electron chi connectivity index (χ3n) is 3.65. The summed E-state index contributed by atoms with van der Waals surface area (Å²) in [4.78, 5) is 0. The van der Waals surface area contributed by atoms with E-state index in [4.69, 9.17) is 0 Å². The van der Waals surface area contributed by atoms with Gasteiger partial charge in [-0.3, -0.25) is 0 Å². The Morgan fingerprint density at radius 2 is 1.55 bits per heavy atom. The number of nitrogens with one attached hydrogen (secondary N) is 1. The standard InChI is InChI=1S/C19H23N/c1-14-5-8-18(9-6-14)13-20-17(4)12-19-10-7-15(2)16(3)11-19/h5-11,20H,4,12-13H2,1-3H3. The molecule has 0 atom stereocenters. The second-order valence-corrected chi connectivity index (χ2v) is 5.54. The van der Waals surface area contributed by atoms with Crippen molar-refractivity contribution in [3.8, 4) is 0 Å². The van der Waals surface area contributed by atoms with Crippen LogP contribution in [0.4, 0.5) is 0 Å². The van der Waals surface area contributed by atoms with E-state index in [0.29, 0.717) is 0 Å². The highest BCUT2D eigenvalue weighted by Gasteiger charge is 2.00. The van der Waals surface area contributed by atoms with Gasteiger partial charge in [0.15, 0.2) is 0 Å². The molecule has 20 heavy (non-hydrogen) atoms. The molecule has 0 aliphatic rings. The Hall–Kier alpha value is -2.02. The van der Waals surface area contributed by atoms with Crippen molar-refractivity contribution in [2.45, 2.75) is 33.7 Å². The van der Waals surface area contributed by atoms with E-state index in [9.17, 15) is 0 Å². The van der Waals surface area contributed by atoms with Gasteiger partial charge in [0.25, 0.3) is 0 Å². The van der Waals surface area contributed by atoms with Crippen molar-refractivity contribution < 1.29 is 0 Å². The molecule has 2 aromatic rings. The summed E-state index contributed by atoms with van der Waals surface area (Å²) in [5, 5.41) is 3.41. The highest BCUT2D eigenvalue weighted by atomic mass is 14.9. The Morgan fingerprint density at radius 1 is 0.900 bits per heavy atom.